The quantitative estimate of drug-likeness (QED) is 0.739. The van der Waals surface area contributed by atoms with Gasteiger partial charge in [0.05, 0.1) is 11.4 Å². The summed E-state index contributed by atoms with van der Waals surface area (Å²) in [6, 6.07) is 2.35. The van der Waals surface area contributed by atoms with Gasteiger partial charge in [0.25, 0.3) is 0 Å². The third kappa shape index (κ3) is 2.16. The summed E-state index contributed by atoms with van der Waals surface area (Å²) in [5.74, 6) is 2.36. The van der Waals surface area contributed by atoms with E-state index in [1.165, 1.54) is 4.88 Å². The van der Waals surface area contributed by atoms with Gasteiger partial charge in [0.15, 0.2) is 5.82 Å². The minimum atomic E-state index is 0.139. The maximum absolute atomic E-state index is 5.15. The van der Waals surface area contributed by atoms with Crippen molar-refractivity contribution in [1.82, 2.24) is 20.1 Å². The number of fused-ring (bicyclic) bond motifs is 1. The lowest BCUT2D eigenvalue weighted by Gasteiger charge is -2.23. The summed E-state index contributed by atoms with van der Waals surface area (Å²) < 4.78 is 5.15. The molecule has 1 saturated heterocycles. The van der Waals surface area contributed by atoms with Crippen LogP contribution in [0.1, 0.15) is 42.4 Å². The zero-order chi connectivity index (χ0) is 15.1. The second-order valence-corrected chi connectivity index (χ2v) is 6.62. The molecule has 0 N–H and O–H groups in total. The number of nitrogens with zero attached hydrogens (tertiary/aromatic N) is 5. The molecule has 3 aromatic heterocycles. The highest BCUT2D eigenvalue weighted by Crippen LogP contribution is 2.38. The van der Waals surface area contributed by atoms with E-state index in [1.807, 2.05) is 6.92 Å². The van der Waals surface area contributed by atoms with Gasteiger partial charge in [-0.3, -0.25) is 0 Å². The fourth-order valence-corrected chi connectivity index (χ4v) is 3.96. The number of hydrogen-bond donors (Lipinski definition) is 0. The van der Waals surface area contributed by atoms with Gasteiger partial charge in [-0.25, -0.2) is 9.97 Å². The SMILES string of the molecule is CCc1cc2c(N3CCC[C@H]3c3noc(C)n3)ncnc2s1. The van der Waals surface area contributed by atoms with Crippen LogP contribution in [0.5, 0.6) is 0 Å². The topological polar surface area (TPSA) is 67.9 Å². The number of anilines is 1. The standard InChI is InChI=1S/C15H17N5OS/c1-3-10-7-11-14(16-8-17-15(11)22-10)20-6-4-5-12(20)13-18-9(2)21-19-13/h7-8,12H,3-6H2,1-2H3/t12-/m0/s1. The molecule has 0 unspecified atom stereocenters. The van der Waals surface area contributed by atoms with E-state index in [9.17, 15) is 0 Å². The first kappa shape index (κ1) is 13.6. The zero-order valence-corrected chi connectivity index (χ0v) is 13.4. The van der Waals surface area contributed by atoms with Gasteiger partial charge in [0.1, 0.15) is 17.0 Å². The lowest BCUT2D eigenvalue weighted by Crippen LogP contribution is -2.24. The fourth-order valence-electron chi connectivity index (χ4n) is 3.04. The van der Waals surface area contributed by atoms with Gasteiger partial charge in [0.2, 0.25) is 5.89 Å². The average molecular weight is 315 g/mol. The normalized spacial score (nSPS) is 18.5. The Hall–Kier alpha value is -2.02. The van der Waals surface area contributed by atoms with E-state index in [1.54, 1.807) is 17.7 Å². The molecule has 22 heavy (non-hydrogen) atoms. The Labute approximate surface area is 132 Å². The van der Waals surface area contributed by atoms with Crippen LogP contribution in [0.15, 0.2) is 16.9 Å². The first-order chi connectivity index (χ1) is 10.8. The van der Waals surface area contributed by atoms with Gasteiger partial charge in [-0.2, -0.15) is 4.98 Å². The van der Waals surface area contributed by atoms with Gasteiger partial charge in [-0.1, -0.05) is 12.1 Å². The Morgan fingerprint density at radius 2 is 2.32 bits per heavy atom. The van der Waals surface area contributed by atoms with Crippen molar-refractivity contribution in [1.29, 1.82) is 0 Å². The van der Waals surface area contributed by atoms with Crippen LogP contribution < -0.4 is 4.90 Å². The highest BCUT2D eigenvalue weighted by molar-refractivity contribution is 7.18. The van der Waals surface area contributed by atoms with Crippen LogP contribution in [0, 0.1) is 6.92 Å². The molecule has 0 amide bonds. The van der Waals surface area contributed by atoms with Crippen LogP contribution in [-0.4, -0.2) is 26.7 Å². The van der Waals surface area contributed by atoms with Crippen molar-refractivity contribution in [2.75, 3.05) is 11.4 Å². The highest BCUT2D eigenvalue weighted by atomic mass is 32.1. The molecule has 0 radical (unpaired) electrons. The monoisotopic (exact) mass is 315 g/mol. The van der Waals surface area contributed by atoms with E-state index >= 15 is 0 Å². The molecule has 3 aromatic rings. The van der Waals surface area contributed by atoms with Crippen molar-refractivity contribution in [2.45, 2.75) is 39.2 Å². The van der Waals surface area contributed by atoms with Crippen molar-refractivity contribution >= 4 is 27.4 Å². The predicted molar refractivity (Wildman–Crippen MR) is 85.1 cm³/mol. The Morgan fingerprint density at radius 3 is 3.09 bits per heavy atom. The summed E-state index contributed by atoms with van der Waals surface area (Å²) in [6.07, 6.45) is 4.81. The van der Waals surface area contributed by atoms with E-state index in [4.69, 9.17) is 4.52 Å². The minimum Gasteiger partial charge on any atom is -0.346 e. The minimum absolute atomic E-state index is 0.139. The molecule has 1 aliphatic heterocycles. The van der Waals surface area contributed by atoms with Crippen LogP contribution in [0.2, 0.25) is 0 Å². The number of hydrogen-bond acceptors (Lipinski definition) is 7. The van der Waals surface area contributed by atoms with Crippen LogP contribution in [0.25, 0.3) is 10.2 Å². The molecule has 0 aromatic carbocycles. The van der Waals surface area contributed by atoms with E-state index in [0.29, 0.717) is 5.89 Å². The molecule has 1 atom stereocenters. The van der Waals surface area contributed by atoms with Gasteiger partial charge >= 0.3 is 0 Å². The van der Waals surface area contributed by atoms with Gasteiger partial charge in [-0.05, 0) is 25.3 Å². The molecule has 0 saturated carbocycles. The van der Waals surface area contributed by atoms with Gasteiger partial charge in [0, 0.05) is 18.3 Å². The summed E-state index contributed by atoms with van der Waals surface area (Å²) in [5, 5.41) is 5.24. The van der Waals surface area contributed by atoms with Gasteiger partial charge < -0.3 is 9.42 Å². The Kier molecular flexibility index (Phi) is 3.29. The molecule has 1 aliphatic rings. The van der Waals surface area contributed by atoms with Crippen molar-refractivity contribution in [3.05, 3.63) is 29.0 Å². The summed E-state index contributed by atoms with van der Waals surface area (Å²) in [4.78, 5) is 18.1. The van der Waals surface area contributed by atoms with Crippen molar-refractivity contribution in [3.63, 3.8) is 0 Å². The molecule has 6 nitrogen and oxygen atoms in total. The molecule has 4 heterocycles. The maximum Gasteiger partial charge on any atom is 0.223 e. The van der Waals surface area contributed by atoms with Crippen molar-refractivity contribution in [3.8, 4) is 0 Å². The molecule has 0 spiro atoms. The van der Waals surface area contributed by atoms with Crippen LogP contribution in [-0.2, 0) is 6.42 Å². The number of thiophene rings is 1. The zero-order valence-electron chi connectivity index (χ0n) is 12.6. The molecule has 7 heteroatoms. The van der Waals surface area contributed by atoms with Crippen LogP contribution in [0.4, 0.5) is 5.82 Å². The second kappa shape index (κ2) is 5.31. The molecule has 4 rings (SSSR count). The number of aromatic nitrogens is 4. The van der Waals surface area contributed by atoms with E-state index in [-0.39, 0.29) is 6.04 Å². The Bertz CT molecular complexity index is 811. The Balaban J connectivity index is 1.78. The lowest BCUT2D eigenvalue weighted by molar-refractivity contribution is 0.383. The fraction of sp³-hybridized carbons (Fsp3) is 0.467. The third-order valence-corrected chi connectivity index (χ3v) is 5.26. The largest absolute Gasteiger partial charge is 0.346 e. The van der Waals surface area contributed by atoms with Crippen LogP contribution in [0.3, 0.4) is 0 Å². The van der Waals surface area contributed by atoms with E-state index in [0.717, 1.165) is 47.7 Å². The second-order valence-electron chi connectivity index (χ2n) is 5.51. The third-order valence-electron chi connectivity index (χ3n) is 4.07. The van der Waals surface area contributed by atoms with Crippen molar-refractivity contribution in [2.24, 2.45) is 0 Å². The Morgan fingerprint density at radius 1 is 1.41 bits per heavy atom. The molecule has 0 bridgehead atoms. The molecular weight excluding hydrogens is 298 g/mol. The smallest absolute Gasteiger partial charge is 0.223 e. The lowest BCUT2D eigenvalue weighted by atomic mass is 10.2. The summed E-state index contributed by atoms with van der Waals surface area (Å²) in [7, 11) is 0. The van der Waals surface area contributed by atoms with E-state index in [2.05, 4.69) is 38.0 Å². The molecule has 0 aliphatic carbocycles. The highest BCUT2D eigenvalue weighted by Gasteiger charge is 2.32. The number of rotatable bonds is 3. The van der Waals surface area contributed by atoms with E-state index < -0.39 is 0 Å². The predicted octanol–water partition coefficient (Wildman–Crippen LogP) is 3.29. The van der Waals surface area contributed by atoms with Gasteiger partial charge in [-0.15, -0.1) is 11.3 Å². The summed E-state index contributed by atoms with van der Waals surface area (Å²) >= 11 is 1.74. The number of aryl methyl sites for hydroxylation is 2. The molecular formula is C15H17N5OS. The molecule has 114 valence electrons. The maximum atomic E-state index is 5.15. The first-order valence-corrected chi connectivity index (χ1v) is 8.38. The average Bonchev–Trinajstić information content (AvgIpc) is 3.24. The summed E-state index contributed by atoms with van der Waals surface area (Å²) in [6.45, 7) is 4.95. The first-order valence-electron chi connectivity index (χ1n) is 7.56. The molecule has 1 fully saturated rings. The summed E-state index contributed by atoms with van der Waals surface area (Å²) in [5.41, 5.74) is 0. The van der Waals surface area contributed by atoms with Crippen molar-refractivity contribution < 1.29 is 4.52 Å². The van der Waals surface area contributed by atoms with Crippen LogP contribution >= 0.6 is 11.3 Å².